The fraction of sp³-hybridized carbons (Fsp3) is 0.0625. The number of benzene rings is 2. The van der Waals surface area contributed by atoms with Gasteiger partial charge in [0.2, 0.25) is 5.91 Å². The molecule has 0 spiro atoms. The summed E-state index contributed by atoms with van der Waals surface area (Å²) in [5, 5.41) is 2.79. The Hall–Kier alpha value is -2.07. The van der Waals surface area contributed by atoms with Crippen LogP contribution in [0.5, 0.6) is 5.75 Å². The Labute approximate surface area is 126 Å². The molecule has 1 N–H and O–H groups in total. The lowest BCUT2D eigenvalue weighted by Crippen LogP contribution is -2.08. The number of amides is 1. The van der Waals surface area contributed by atoms with Crippen molar-refractivity contribution in [1.82, 2.24) is 0 Å². The summed E-state index contributed by atoms with van der Waals surface area (Å²) in [4.78, 5) is 11.9. The monoisotopic (exact) mass is 331 g/mol. The molecule has 0 fully saturated rings. The van der Waals surface area contributed by atoms with E-state index in [9.17, 15) is 4.79 Å². The number of rotatable bonds is 4. The number of halogens is 1. The molecule has 0 heterocycles. The van der Waals surface area contributed by atoms with Gasteiger partial charge in [0.05, 0.1) is 12.8 Å². The smallest absolute Gasteiger partial charge is 0.248 e. The second-order valence-corrected chi connectivity index (χ2v) is 4.99. The normalized spacial score (nSPS) is 10.5. The first-order chi connectivity index (χ1) is 9.69. The van der Waals surface area contributed by atoms with E-state index < -0.39 is 0 Å². The maximum Gasteiger partial charge on any atom is 0.248 e. The minimum Gasteiger partial charge on any atom is -0.495 e. The Morgan fingerprint density at radius 2 is 1.95 bits per heavy atom. The standard InChI is InChI=1S/C16H14BrNO2/c1-20-15-9-8-13(17)11-14(15)18-16(19)10-7-12-5-3-2-4-6-12/h2-11H,1H3,(H,18,19)/b10-7+. The van der Waals surface area contributed by atoms with Crippen molar-refractivity contribution < 1.29 is 9.53 Å². The molecule has 0 atom stereocenters. The molecular weight excluding hydrogens is 318 g/mol. The zero-order valence-corrected chi connectivity index (χ0v) is 12.6. The Morgan fingerprint density at radius 1 is 1.20 bits per heavy atom. The van der Waals surface area contributed by atoms with E-state index in [1.165, 1.54) is 6.08 Å². The number of hydrogen-bond acceptors (Lipinski definition) is 2. The van der Waals surface area contributed by atoms with Gasteiger partial charge in [0, 0.05) is 10.5 Å². The molecule has 2 rings (SSSR count). The van der Waals surface area contributed by atoms with Gasteiger partial charge in [-0.15, -0.1) is 0 Å². The highest BCUT2D eigenvalue weighted by molar-refractivity contribution is 9.10. The number of ether oxygens (including phenoxy) is 1. The summed E-state index contributed by atoms with van der Waals surface area (Å²) in [6.45, 7) is 0. The van der Waals surface area contributed by atoms with Gasteiger partial charge in [-0.05, 0) is 29.8 Å². The fourth-order valence-corrected chi connectivity index (χ4v) is 2.05. The average Bonchev–Trinajstić information content (AvgIpc) is 2.46. The highest BCUT2D eigenvalue weighted by atomic mass is 79.9. The third-order valence-corrected chi connectivity index (χ3v) is 3.14. The van der Waals surface area contributed by atoms with Crippen LogP contribution < -0.4 is 10.1 Å². The van der Waals surface area contributed by atoms with Crippen LogP contribution in [-0.2, 0) is 4.79 Å². The van der Waals surface area contributed by atoms with E-state index in [0.29, 0.717) is 11.4 Å². The minimum atomic E-state index is -0.203. The molecule has 20 heavy (non-hydrogen) atoms. The maximum absolute atomic E-state index is 11.9. The summed E-state index contributed by atoms with van der Waals surface area (Å²) in [7, 11) is 1.57. The van der Waals surface area contributed by atoms with Crippen molar-refractivity contribution in [3.63, 3.8) is 0 Å². The topological polar surface area (TPSA) is 38.3 Å². The molecule has 2 aromatic carbocycles. The van der Waals surface area contributed by atoms with Gasteiger partial charge < -0.3 is 10.1 Å². The Morgan fingerprint density at radius 3 is 2.65 bits per heavy atom. The van der Waals surface area contributed by atoms with Gasteiger partial charge in [-0.1, -0.05) is 46.3 Å². The van der Waals surface area contributed by atoms with Gasteiger partial charge in [-0.2, -0.15) is 0 Å². The van der Waals surface area contributed by atoms with Crippen LogP contribution in [0, 0.1) is 0 Å². The van der Waals surface area contributed by atoms with Gasteiger partial charge in [0.25, 0.3) is 0 Å². The Balaban J connectivity index is 2.08. The highest BCUT2D eigenvalue weighted by Gasteiger charge is 2.05. The number of nitrogens with one attached hydrogen (secondary N) is 1. The molecule has 0 aliphatic carbocycles. The quantitative estimate of drug-likeness (QED) is 0.856. The number of carbonyl (C=O) groups is 1. The molecule has 2 aromatic rings. The SMILES string of the molecule is COc1ccc(Br)cc1NC(=O)/C=C/c1ccccc1. The molecule has 0 aliphatic rings. The maximum atomic E-state index is 11.9. The first-order valence-electron chi connectivity index (χ1n) is 6.06. The molecule has 0 aromatic heterocycles. The first kappa shape index (κ1) is 14.3. The largest absolute Gasteiger partial charge is 0.495 e. The molecule has 0 saturated heterocycles. The van der Waals surface area contributed by atoms with E-state index >= 15 is 0 Å². The molecule has 0 bridgehead atoms. The predicted molar refractivity (Wildman–Crippen MR) is 84.8 cm³/mol. The predicted octanol–water partition coefficient (Wildman–Crippen LogP) is 4.11. The second kappa shape index (κ2) is 6.91. The summed E-state index contributed by atoms with van der Waals surface area (Å²) in [6, 6.07) is 15.1. The van der Waals surface area contributed by atoms with Crippen LogP contribution in [0.3, 0.4) is 0 Å². The van der Waals surface area contributed by atoms with Crippen molar-refractivity contribution in [3.8, 4) is 5.75 Å². The van der Waals surface area contributed by atoms with Gasteiger partial charge in [0.15, 0.2) is 0 Å². The van der Waals surface area contributed by atoms with E-state index in [2.05, 4.69) is 21.2 Å². The highest BCUT2D eigenvalue weighted by Crippen LogP contribution is 2.27. The van der Waals surface area contributed by atoms with Crippen LogP contribution in [0.25, 0.3) is 6.08 Å². The van der Waals surface area contributed by atoms with Crippen molar-refractivity contribution in [2.24, 2.45) is 0 Å². The van der Waals surface area contributed by atoms with Crippen molar-refractivity contribution in [3.05, 3.63) is 64.6 Å². The fourth-order valence-electron chi connectivity index (χ4n) is 1.69. The lowest BCUT2D eigenvalue weighted by molar-refractivity contribution is -0.111. The van der Waals surface area contributed by atoms with Gasteiger partial charge >= 0.3 is 0 Å². The molecule has 102 valence electrons. The van der Waals surface area contributed by atoms with E-state index in [1.807, 2.05) is 36.4 Å². The number of carbonyl (C=O) groups excluding carboxylic acids is 1. The van der Waals surface area contributed by atoms with Crippen LogP contribution in [0.1, 0.15) is 5.56 Å². The molecule has 3 nitrogen and oxygen atoms in total. The average molecular weight is 332 g/mol. The van der Waals surface area contributed by atoms with Crippen molar-refractivity contribution in [1.29, 1.82) is 0 Å². The summed E-state index contributed by atoms with van der Waals surface area (Å²) in [6.07, 6.45) is 3.26. The summed E-state index contributed by atoms with van der Waals surface area (Å²) >= 11 is 3.37. The van der Waals surface area contributed by atoms with Crippen LogP contribution in [0.2, 0.25) is 0 Å². The lowest BCUT2D eigenvalue weighted by Gasteiger charge is -2.09. The number of methoxy groups -OCH3 is 1. The summed E-state index contributed by atoms with van der Waals surface area (Å²) in [5.74, 6) is 0.417. The minimum absolute atomic E-state index is 0.203. The van der Waals surface area contributed by atoms with Crippen LogP contribution in [0.4, 0.5) is 5.69 Å². The summed E-state index contributed by atoms with van der Waals surface area (Å²) in [5.41, 5.74) is 1.61. The van der Waals surface area contributed by atoms with Gasteiger partial charge in [-0.3, -0.25) is 4.79 Å². The summed E-state index contributed by atoms with van der Waals surface area (Å²) < 4.78 is 6.08. The molecule has 0 aliphatic heterocycles. The molecular formula is C16H14BrNO2. The van der Waals surface area contributed by atoms with Crippen molar-refractivity contribution >= 4 is 33.6 Å². The van der Waals surface area contributed by atoms with E-state index in [0.717, 1.165) is 10.0 Å². The number of hydrogen-bond donors (Lipinski definition) is 1. The van der Waals surface area contributed by atoms with Crippen LogP contribution in [0.15, 0.2) is 59.1 Å². The molecule has 0 radical (unpaired) electrons. The van der Waals surface area contributed by atoms with E-state index in [1.54, 1.807) is 25.3 Å². The molecule has 0 saturated carbocycles. The molecule has 0 unspecified atom stereocenters. The first-order valence-corrected chi connectivity index (χ1v) is 6.86. The van der Waals surface area contributed by atoms with Crippen LogP contribution in [-0.4, -0.2) is 13.0 Å². The second-order valence-electron chi connectivity index (χ2n) is 4.08. The third kappa shape index (κ3) is 3.96. The van der Waals surface area contributed by atoms with Crippen molar-refractivity contribution in [2.75, 3.05) is 12.4 Å². The zero-order valence-electron chi connectivity index (χ0n) is 11.0. The number of anilines is 1. The van der Waals surface area contributed by atoms with Gasteiger partial charge in [0.1, 0.15) is 5.75 Å². The van der Waals surface area contributed by atoms with Gasteiger partial charge in [-0.25, -0.2) is 0 Å². The Bertz CT molecular complexity index is 624. The molecule has 1 amide bonds. The van der Waals surface area contributed by atoms with E-state index in [4.69, 9.17) is 4.74 Å². The lowest BCUT2D eigenvalue weighted by atomic mass is 10.2. The van der Waals surface area contributed by atoms with Crippen LogP contribution >= 0.6 is 15.9 Å². The zero-order chi connectivity index (χ0) is 14.4. The Kier molecular flexibility index (Phi) is 4.96. The molecule has 4 heteroatoms. The third-order valence-electron chi connectivity index (χ3n) is 2.65. The van der Waals surface area contributed by atoms with E-state index in [-0.39, 0.29) is 5.91 Å². The van der Waals surface area contributed by atoms with Crippen molar-refractivity contribution in [2.45, 2.75) is 0 Å².